The molecule has 0 spiro atoms. The second kappa shape index (κ2) is 3.35. The van der Waals surface area contributed by atoms with Crippen LogP contribution in [0.4, 0.5) is 0 Å². The first-order valence-electron chi connectivity index (χ1n) is 4.80. The lowest BCUT2D eigenvalue weighted by molar-refractivity contribution is 0.0186. The largest absolute Gasteiger partial charge is 0.376 e. The van der Waals surface area contributed by atoms with Crippen molar-refractivity contribution in [2.75, 3.05) is 6.61 Å². The van der Waals surface area contributed by atoms with Crippen LogP contribution in [0.5, 0.6) is 0 Å². The average Bonchev–Trinajstić information content (AvgIpc) is 2.31. The highest BCUT2D eigenvalue weighted by molar-refractivity contribution is 4.88. The van der Waals surface area contributed by atoms with Gasteiger partial charge in [-0.25, -0.2) is 0 Å². The van der Waals surface area contributed by atoms with Crippen molar-refractivity contribution in [3.05, 3.63) is 0 Å². The fraction of sp³-hybridized carbons (Fsp3) is 1.00. The Kier molecular flexibility index (Phi) is 2.79. The molecule has 1 heterocycles. The Morgan fingerprint density at radius 3 is 2.33 bits per heavy atom. The molecular weight excluding hydrogens is 150 g/mol. The van der Waals surface area contributed by atoms with E-state index in [1.165, 1.54) is 0 Å². The van der Waals surface area contributed by atoms with E-state index < -0.39 is 0 Å². The maximum Gasteiger partial charge on any atom is 0.0757 e. The summed E-state index contributed by atoms with van der Waals surface area (Å²) in [6.07, 6.45) is 1.29. The van der Waals surface area contributed by atoms with Crippen LogP contribution in [0.2, 0.25) is 0 Å². The summed E-state index contributed by atoms with van der Waals surface area (Å²) in [6, 6.07) is 0.249. The van der Waals surface area contributed by atoms with Gasteiger partial charge in [0.05, 0.1) is 6.10 Å². The van der Waals surface area contributed by atoms with Gasteiger partial charge in [0.1, 0.15) is 0 Å². The Balaban J connectivity index is 2.57. The standard InChI is InChI=1S/C10H21NO/c1-7(10(2,3)4)9-8(11)5-6-12-9/h7-9H,5-6,11H2,1-4H3. The molecule has 0 amide bonds. The van der Waals surface area contributed by atoms with Crippen LogP contribution >= 0.6 is 0 Å². The smallest absolute Gasteiger partial charge is 0.0757 e. The van der Waals surface area contributed by atoms with Crippen molar-refractivity contribution in [2.24, 2.45) is 17.1 Å². The number of ether oxygens (including phenoxy) is 1. The van der Waals surface area contributed by atoms with Crippen LogP contribution in [-0.4, -0.2) is 18.8 Å². The van der Waals surface area contributed by atoms with Gasteiger partial charge in [-0.05, 0) is 17.8 Å². The predicted octanol–water partition coefficient (Wildman–Crippen LogP) is 1.78. The third kappa shape index (κ3) is 1.99. The van der Waals surface area contributed by atoms with Crippen LogP contribution in [0.1, 0.15) is 34.1 Å². The summed E-state index contributed by atoms with van der Waals surface area (Å²) in [7, 11) is 0. The quantitative estimate of drug-likeness (QED) is 0.652. The SMILES string of the molecule is CC(C1OCCC1N)C(C)(C)C. The molecule has 1 aliphatic rings. The molecule has 72 valence electrons. The lowest BCUT2D eigenvalue weighted by atomic mass is 9.77. The third-order valence-corrected chi connectivity index (χ3v) is 3.04. The first-order valence-corrected chi connectivity index (χ1v) is 4.80. The van der Waals surface area contributed by atoms with Crippen LogP contribution in [0, 0.1) is 11.3 Å². The second-order valence-corrected chi connectivity index (χ2v) is 4.94. The Hall–Kier alpha value is -0.0800. The van der Waals surface area contributed by atoms with Crippen LogP contribution in [0.3, 0.4) is 0 Å². The molecule has 3 atom stereocenters. The Labute approximate surface area is 75.5 Å². The van der Waals surface area contributed by atoms with E-state index in [0.29, 0.717) is 11.3 Å². The predicted molar refractivity (Wildman–Crippen MR) is 51.0 cm³/mol. The molecule has 1 saturated heterocycles. The second-order valence-electron chi connectivity index (χ2n) is 4.94. The first-order chi connectivity index (χ1) is 5.43. The fourth-order valence-electron chi connectivity index (χ4n) is 1.64. The van der Waals surface area contributed by atoms with Crippen molar-refractivity contribution in [3.63, 3.8) is 0 Å². The van der Waals surface area contributed by atoms with Gasteiger partial charge in [-0.2, -0.15) is 0 Å². The molecule has 2 N–H and O–H groups in total. The van der Waals surface area contributed by atoms with Gasteiger partial charge in [0.15, 0.2) is 0 Å². The highest BCUT2D eigenvalue weighted by Gasteiger charge is 2.35. The zero-order valence-corrected chi connectivity index (χ0v) is 8.63. The summed E-state index contributed by atoms with van der Waals surface area (Å²) in [6.45, 7) is 9.80. The van der Waals surface area contributed by atoms with Crippen molar-refractivity contribution < 1.29 is 4.74 Å². The van der Waals surface area contributed by atoms with E-state index in [4.69, 9.17) is 10.5 Å². The summed E-state index contributed by atoms with van der Waals surface area (Å²) >= 11 is 0. The molecule has 0 radical (unpaired) electrons. The average molecular weight is 171 g/mol. The number of nitrogens with two attached hydrogens (primary N) is 1. The molecule has 2 nitrogen and oxygen atoms in total. The van der Waals surface area contributed by atoms with Gasteiger partial charge in [-0.3, -0.25) is 0 Å². The minimum atomic E-state index is 0.249. The lowest BCUT2D eigenvalue weighted by Crippen LogP contribution is -2.40. The summed E-state index contributed by atoms with van der Waals surface area (Å²) in [5.41, 5.74) is 6.25. The minimum absolute atomic E-state index is 0.249. The Morgan fingerprint density at radius 2 is 2.00 bits per heavy atom. The Bertz CT molecular complexity index is 150. The zero-order valence-electron chi connectivity index (χ0n) is 8.63. The number of hydrogen-bond acceptors (Lipinski definition) is 2. The summed E-state index contributed by atoms with van der Waals surface area (Å²) in [5.74, 6) is 0.537. The van der Waals surface area contributed by atoms with E-state index in [1.54, 1.807) is 0 Å². The van der Waals surface area contributed by atoms with E-state index in [-0.39, 0.29) is 12.1 Å². The number of hydrogen-bond donors (Lipinski definition) is 1. The summed E-state index contributed by atoms with van der Waals surface area (Å²) in [4.78, 5) is 0. The maximum atomic E-state index is 5.95. The zero-order chi connectivity index (χ0) is 9.35. The highest BCUT2D eigenvalue weighted by atomic mass is 16.5. The van der Waals surface area contributed by atoms with E-state index in [2.05, 4.69) is 27.7 Å². The van der Waals surface area contributed by atoms with Crippen LogP contribution in [-0.2, 0) is 4.74 Å². The summed E-state index contributed by atoms with van der Waals surface area (Å²) in [5, 5.41) is 0. The van der Waals surface area contributed by atoms with Crippen molar-refractivity contribution in [3.8, 4) is 0 Å². The molecular formula is C10H21NO. The minimum Gasteiger partial charge on any atom is -0.376 e. The highest BCUT2D eigenvalue weighted by Crippen LogP contribution is 2.33. The van der Waals surface area contributed by atoms with Gasteiger partial charge in [0.25, 0.3) is 0 Å². The van der Waals surface area contributed by atoms with Crippen LogP contribution in [0.25, 0.3) is 0 Å². The van der Waals surface area contributed by atoms with Crippen LogP contribution < -0.4 is 5.73 Å². The van der Waals surface area contributed by atoms with Crippen molar-refractivity contribution in [1.82, 2.24) is 0 Å². The molecule has 0 aromatic heterocycles. The monoisotopic (exact) mass is 171 g/mol. The molecule has 2 heteroatoms. The molecule has 0 aromatic rings. The van der Waals surface area contributed by atoms with Gasteiger partial charge < -0.3 is 10.5 Å². The first kappa shape index (κ1) is 10.0. The molecule has 3 unspecified atom stereocenters. The van der Waals surface area contributed by atoms with E-state index in [1.807, 2.05) is 0 Å². The summed E-state index contributed by atoms with van der Waals surface area (Å²) < 4.78 is 5.63. The molecule has 1 aliphatic heterocycles. The molecule has 12 heavy (non-hydrogen) atoms. The molecule has 1 rings (SSSR count). The topological polar surface area (TPSA) is 35.2 Å². The van der Waals surface area contributed by atoms with Gasteiger partial charge in [-0.15, -0.1) is 0 Å². The molecule has 0 aromatic carbocycles. The van der Waals surface area contributed by atoms with E-state index in [9.17, 15) is 0 Å². The van der Waals surface area contributed by atoms with Gasteiger partial charge >= 0.3 is 0 Å². The molecule has 1 fully saturated rings. The maximum absolute atomic E-state index is 5.95. The van der Waals surface area contributed by atoms with Crippen molar-refractivity contribution >= 4 is 0 Å². The van der Waals surface area contributed by atoms with Gasteiger partial charge in [0.2, 0.25) is 0 Å². The van der Waals surface area contributed by atoms with Crippen LogP contribution in [0.15, 0.2) is 0 Å². The van der Waals surface area contributed by atoms with Crippen molar-refractivity contribution in [2.45, 2.75) is 46.3 Å². The van der Waals surface area contributed by atoms with E-state index in [0.717, 1.165) is 13.0 Å². The molecule has 0 aliphatic carbocycles. The third-order valence-electron chi connectivity index (χ3n) is 3.04. The van der Waals surface area contributed by atoms with Gasteiger partial charge in [-0.1, -0.05) is 27.7 Å². The molecule has 0 bridgehead atoms. The molecule has 0 saturated carbocycles. The Morgan fingerprint density at radius 1 is 1.42 bits per heavy atom. The lowest BCUT2D eigenvalue weighted by Gasteiger charge is -2.33. The van der Waals surface area contributed by atoms with Gasteiger partial charge in [0, 0.05) is 12.6 Å². The fourth-order valence-corrected chi connectivity index (χ4v) is 1.64. The van der Waals surface area contributed by atoms with Crippen molar-refractivity contribution in [1.29, 1.82) is 0 Å². The van der Waals surface area contributed by atoms with E-state index >= 15 is 0 Å². The number of rotatable bonds is 1. The normalized spacial score (nSPS) is 33.8.